The van der Waals surface area contributed by atoms with Crippen LogP contribution in [0.4, 0.5) is 0 Å². The molecule has 0 aromatic heterocycles. The van der Waals surface area contributed by atoms with Crippen molar-refractivity contribution in [2.75, 3.05) is 13.2 Å². The third-order valence-electron chi connectivity index (χ3n) is 3.15. The molecule has 0 fully saturated rings. The third-order valence-corrected chi connectivity index (χ3v) is 3.46. The molecule has 104 valence electrons. The van der Waals surface area contributed by atoms with Crippen LogP contribution in [0, 0.1) is 0 Å². The van der Waals surface area contributed by atoms with E-state index in [-0.39, 0.29) is 5.78 Å². The Morgan fingerprint density at radius 2 is 1.89 bits per heavy atom. The molecule has 0 saturated heterocycles. The first-order valence-electron chi connectivity index (χ1n) is 6.84. The molecular formula is C15H19ClO3. The summed E-state index contributed by atoms with van der Waals surface area (Å²) in [6, 6.07) is 3.41. The molecule has 0 spiro atoms. The summed E-state index contributed by atoms with van der Waals surface area (Å²) in [5, 5.41) is 0.450. The van der Waals surface area contributed by atoms with Crippen molar-refractivity contribution >= 4 is 17.4 Å². The number of rotatable bonds is 5. The average Bonchev–Trinajstić information content (AvgIpc) is 2.62. The predicted octanol–water partition coefficient (Wildman–Crippen LogP) is 4.26. The second-order valence-corrected chi connectivity index (χ2v) is 5.12. The summed E-state index contributed by atoms with van der Waals surface area (Å²) in [5.41, 5.74) is 0.544. The quantitative estimate of drug-likeness (QED) is 0.598. The Kier molecular flexibility index (Phi) is 5.08. The highest BCUT2D eigenvalue weighted by atomic mass is 35.5. The summed E-state index contributed by atoms with van der Waals surface area (Å²) in [6.45, 7) is 3.34. The molecule has 1 aliphatic rings. The molecule has 0 bridgehead atoms. The van der Waals surface area contributed by atoms with E-state index in [0.717, 1.165) is 25.7 Å². The van der Waals surface area contributed by atoms with E-state index >= 15 is 0 Å². The van der Waals surface area contributed by atoms with E-state index in [9.17, 15) is 4.79 Å². The number of ether oxygens (including phenoxy) is 2. The number of carbonyl (C=O) groups excluding carboxylic acids is 1. The Balaban J connectivity index is 2.16. The molecule has 0 aliphatic carbocycles. The minimum Gasteiger partial charge on any atom is -0.490 e. The molecule has 0 N–H and O–H groups in total. The maximum absolute atomic E-state index is 12.1. The van der Waals surface area contributed by atoms with Crippen molar-refractivity contribution in [2.45, 2.75) is 39.0 Å². The number of fused-ring (bicyclic) bond motifs is 1. The normalized spacial score (nSPS) is 14.0. The van der Waals surface area contributed by atoms with Gasteiger partial charge in [0, 0.05) is 24.5 Å². The number of hydrogen-bond acceptors (Lipinski definition) is 3. The molecular weight excluding hydrogens is 264 g/mol. The van der Waals surface area contributed by atoms with E-state index in [2.05, 4.69) is 6.92 Å². The van der Waals surface area contributed by atoms with Gasteiger partial charge in [-0.05, 0) is 12.5 Å². The van der Waals surface area contributed by atoms with Crippen molar-refractivity contribution in [3.8, 4) is 11.5 Å². The number of benzene rings is 1. The van der Waals surface area contributed by atoms with Gasteiger partial charge in [-0.2, -0.15) is 0 Å². The Bertz CT molecular complexity index is 457. The van der Waals surface area contributed by atoms with Crippen LogP contribution < -0.4 is 9.47 Å². The van der Waals surface area contributed by atoms with Crippen molar-refractivity contribution in [1.82, 2.24) is 0 Å². The predicted molar refractivity (Wildman–Crippen MR) is 75.5 cm³/mol. The first-order valence-corrected chi connectivity index (χ1v) is 7.22. The Hall–Kier alpha value is -1.22. The number of hydrogen-bond donors (Lipinski definition) is 0. The first-order chi connectivity index (χ1) is 9.22. The number of Topliss-reactive ketones (excluding diaryl/α,β-unsaturated/α-hetero) is 1. The molecule has 2 rings (SSSR count). The molecule has 1 aromatic carbocycles. The van der Waals surface area contributed by atoms with Gasteiger partial charge in [-0.15, -0.1) is 0 Å². The highest BCUT2D eigenvalue weighted by Crippen LogP contribution is 2.35. The van der Waals surface area contributed by atoms with Crippen LogP contribution in [0.5, 0.6) is 11.5 Å². The molecule has 0 radical (unpaired) electrons. The molecule has 0 atom stereocenters. The molecule has 1 aromatic rings. The fourth-order valence-electron chi connectivity index (χ4n) is 2.07. The van der Waals surface area contributed by atoms with E-state index in [0.29, 0.717) is 41.7 Å². The summed E-state index contributed by atoms with van der Waals surface area (Å²) >= 11 is 6.17. The third kappa shape index (κ3) is 3.63. The van der Waals surface area contributed by atoms with Gasteiger partial charge in [0.15, 0.2) is 17.3 Å². The highest BCUT2D eigenvalue weighted by molar-refractivity contribution is 6.34. The van der Waals surface area contributed by atoms with Gasteiger partial charge in [0.25, 0.3) is 0 Å². The van der Waals surface area contributed by atoms with Crippen LogP contribution in [0.25, 0.3) is 0 Å². The zero-order valence-electron chi connectivity index (χ0n) is 11.2. The topological polar surface area (TPSA) is 35.5 Å². The van der Waals surface area contributed by atoms with Crippen molar-refractivity contribution in [1.29, 1.82) is 0 Å². The average molecular weight is 283 g/mol. The lowest BCUT2D eigenvalue weighted by Gasteiger charge is -2.10. The van der Waals surface area contributed by atoms with Crippen molar-refractivity contribution in [2.24, 2.45) is 0 Å². The Labute approximate surface area is 118 Å². The van der Waals surface area contributed by atoms with E-state index in [1.807, 2.05) is 0 Å². The van der Waals surface area contributed by atoms with Gasteiger partial charge in [-0.1, -0.05) is 31.4 Å². The van der Waals surface area contributed by atoms with Crippen molar-refractivity contribution in [3.63, 3.8) is 0 Å². The molecule has 19 heavy (non-hydrogen) atoms. The van der Waals surface area contributed by atoms with E-state index in [4.69, 9.17) is 21.1 Å². The van der Waals surface area contributed by atoms with E-state index in [1.165, 1.54) is 0 Å². The van der Waals surface area contributed by atoms with Gasteiger partial charge in [-0.3, -0.25) is 4.79 Å². The van der Waals surface area contributed by atoms with Crippen molar-refractivity contribution < 1.29 is 14.3 Å². The van der Waals surface area contributed by atoms with Crippen LogP contribution >= 0.6 is 11.6 Å². The Morgan fingerprint density at radius 3 is 2.58 bits per heavy atom. The zero-order valence-corrected chi connectivity index (χ0v) is 12.0. The fraction of sp³-hybridized carbons (Fsp3) is 0.533. The number of carbonyl (C=O) groups is 1. The largest absolute Gasteiger partial charge is 0.490 e. The van der Waals surface area contributed by atoms with Gasteiger partial charge in [0.05, 0.1) is 18.2 Å². The van der Waals surface area contributed by atoms with E-state index in [1.54, 1.807) is 12.1 Å². The maximum atomic E-state index is 12.1. The van der Waals surface area contributed by atoms with Crippen LogP contribution in [-0.2, 0) is 0 Å². The molecule has 0 saturated carbocycles. The van der Waals surface area contributed by atoms with Gasteiger partial charge in [0.2, 0.25) is 0 Å². The lowest BCUT2D eigenvalue weighted by atomic mass is 10.0. The monoisotopic (exact) mass is 282 g/mol. The van der Waals surface area contributed by atoms with Crippen LogP contribution in [0.3, 0.4) is 0 Å². The fourth-order valence-corrected chi connectivity index (χ4v) is 2.33. The van der Waals surface area contributed by atoms with Gasteiger partial charge < -0.3 is 9.47 Å². The lowest BCUT2D eigenvalue weighted by Crippen LogP contribution is -2.02. The van der Waals surface area contributed by atoms with Gasteiger partial charge in [-0.25, -0.2) is 0 Å². The summed E-state index contributed by atoms with van der Waals surface area (Å²) in [4.78, 5) is 12.1. The van der Waals surface area contributed by atoms with Crippen LogP contribution in [-0.4, -0.2) is 19.0 Å². The SMILES string of the molecule is CCCCCC(=O)c1cc2c(cc1Cl)OCCCO2. The molecule has 3 nitrogen and oxygen atoms in total. The number of unbranched alkanes of at least 4 members (excludes halogenated alkanes) is 2. The summed E-state index contributed by atoms with van der Waals surface area (Å²) in [6.07, 6.45) is 4.44. The second-order valence-electron chi connectivity index (χ2n) is 4.71. The van der Waals surface area contributed by atoms with Gasteiger partial charge >= 0.3 is 0 Å². The van der Waals surface area contributed by atoms with Gasteiger partial charge in [0.1, 0.15) is 0 Å². The molecule has 0 amide bonds. The lowest BCUT2D eigenvalue weighted by molar-refractivity contribution is 0.0979. The van der Waals surface area contributed by atoms with Crippen LogP contribution in [0.15, 0.2) is 12.1 Å². The zero-order chi connectivity index (χ0) is 13.7. The summed E-state index contributed by atoms with van der Waals surface area (Å²) < 4.78 is 11.1. The standard InChI is InChI=1S/C15H19ClO3/c1-2-3-4-6-13(17)11-9-14-15(10-12(11)16)19-8-5-7-18-14/h9-10H,2-8H2,1H3. The van der Waals surface area contributed by atoms with Crippen molar-refractivity contribution in [3.05, 3.63) is 22.7 Å². The Morgan fingerprint density at radius 1 is 1.21 bits per heavy atom. The highest BCUT2D eigenvalue weighted by Gasteiger charge is 2.17. The van der Waals surface area contributed by atoms with Crippen LogP contribution in [0.1, 0.15) is 49.4 Å². The summed E-state index contributed by atoms with van der Waals surface area (Å²) in [7, 11) is 0. The van der Waals surface area contributed by atoms with E-state index < -0.39 is 0 Å². The summed E-state index contributed by atoms with van der Waals surface area (Å²) in [5.74, 6) is 1.34. The number of ketones is 1. The minimum atomic E-state index is 0.0779. The minimum absolute atomic E-state index is 0.0779. The number of halogens is 1. The molecule has 1 heterocycles. The molecule has 4 heteroatoms. The smallest absolute Gasteiger partial charge is 0.164 e. The molecule has 1 aliphatic heterocycles. The first kappa shape index (κ1) is 14.2. The second kappa shape index (κ2) is 6.80. The maximum Gasteiger partial charge on any atom is 0.164 e. The van der Waals surface area contributed by atoms with Crippen LogP contribution in [0.2, 0.25) is 5.02 Å². The molecule has 0 unspecified atom stereocenters.